The second-order valence-electron chi connectivity index (χ2n) is 7.08. The topological polar surface area (TPSA) is 20.2 Å². The summed E-state index contributed by atoms with van der Waals surface area (Å²) in [6.07, 6.45) is 4.82. The summed E-state index contributed by atoms with van der Waals surface area (Å²) in [6.45, 7) is 4.55. The molecule has 0 amide bonds. The zero-order valence-corrected chi connectivity index (χ0v) is 12.8. The summed E-state index contributed by atoms with van der Waals surface area (Å²) in [5, 5.41) is 11.2. The first kappa shape index (κ1) is 13.5. The highest BCUT2D eigenvalue weighted by Crippen LogP contribution is 2.48. The van der Waals surface area contributed by atoms with Crippen LogP contribution in [0, 0.1) is 5.41 Å². The van der Waals surface area contributed by atoms with Crippen LogP contribution in [0.4, 0.5) is 0 Å². The van der Waals surface area contributed by atoms with Crippen molar-refractivity contribution in [2.24, 2.45) is 5.41 Å². The van der Waals surface area contributed by atoms with Crippen LogP contribution in [0.5, 0.6) is 0 Å². The quantitative estimate of drug-likeness (QED) is 0.869. The fraction of sp³-hybridized carbons (Fsp3) is 0.647. The van der Waals surface area contributed by atoms with Crippen molar-refractivity contribution in [2.45, 2.75) is 51.0 Å². The average molecular weight is 276 g/mol. The highest BCUT2D eigenvalue weighted by molar-refractivity contribution is 7.99. The molecule has 1 aromatic carbocycles. The van der Waals surface area contributed by atoms with Gasteiger partial charge in [-0.3, -0.25) is 0 Å². The maximum absolute atomic E-state index is 11.2. The molecule has 1 atom stereocenters. The third-order valence-corrected chi connectivity index (χ3v) is 6.28. The minimum absolute atomic E-state index is 0.227. The molecule has 0 bridgehead atoms. The van der Waals surface area contributed by atoms with Crippen molar-refractivity contribution in [3.05, 3.63) is 35.4 Å². The Morgan fingerprint density at radius 2 is 1.89 bits per heavy atom. The van der Waals surface area contributed by atoms with Gasteiger partial charge >= 0.3 is 0 Å². The first-order valence-corrected chi connectivity index (χ1v) is 8.55. The fourth-order valence-corrected chi connectivity index (χ4v) is 4.91. The molecule has 1 aliphatic carbocycles. The average Bonchev–Trinajstić information content (AvgIpc) is 2.25. The molecule has 2 fully saturated rings. The Hall–Kier alpha value is -0.470. The highest BCUT2D eigenvalue weighted by Gasteiger charge is 2.42. The van der Waals surface area contributed by atoms with Crippen LogP contribution in [0.3, 0.4) is 0 Å². The maximum atomic E-state index is 11.2. The van der Waals surface area contributed by atoms with E-state index in [4.69, 9.17) is 0 Å². The highest BCUT2D eigenvalue weighted by atomic mass is 32.2. The summed E-state index contributed by atoms with van der Waals surface area (Å²) < 4.78 is 0. The maximum Gasteiger partial charge on any atom is 0.0994 e. The molecule has 1 nitrogen and oxygen atoms in total. The van der Waals surface area contributed by atoms with Gasteiger partial charge in [0.2, 0.25) is 0 Å². The third-order valence-electron chi connectivity index (χ3n) is 4.61. The molecule has 1 aliphatic heterocycles. The first-order chi connectivity index (χ1) is 9.00. The van der Waals surface area contributed by atoms with Gasteiger partial charge in [0.05, 0.1) is 5.60 Å². The van der Waals surface area contributed by atoms with E-state index in [1.165, 1.54) is 30.4 Å². The van der Waals surface area contributed by atoms with Gasteiger partial charge in [-0.25, -0.2) is 0 Å². The van der Waals surface area contributed by atoms with Gasteiger partial charge in [0.1, 0.15) is 0 Å². The van der Waals surface area contributed by atoms with Crippen molar-refractivity contribution < 1.29 is 5.11 Å². The van der Waals surface area contributed by atoms with E-state index in [9.17, 15) is 5.11 Å². The zero-order chi connectivity index (χ0) is 13.5. The monoisotopic (exact) mass is 276 g/mol. The second-order valence-corrected chi connectivity index (χ2v) is 8.07. The third kappa shape index (κ3) is 2.57. The van der Waals surface area contributed by atoms with Crippen LogP contribution in [0.15, 0.2) is 24.3 Å². The van der Waals surface area contributed by atoms with E-state index < -0.39 is 5.60 Å². The Morgan fingerprint density at radius 3 is 2.53 bits per heavy atom. The normalized spacial score (nSPS) is 30.9. The van der Waals surface area contributed by atoms with E-state index in [1.807, 2.05) is 11.8 Å². The molecule has 1 saturated heterocycles. The Kier molecular flexibility index (Phi) is 3.43. The van der Waals surface area contributed by atoms with Gasteiger partial charge in [-0.05, 0) is 47.5 Å². The zero-order valence-electron chi connectivity index (χ0n) is 12.0. The van der Waals surface area contributed by atoms with Gasteiger partial charge in [-0.2, -0.15) is 11.8 Å². The Morgan fingerprint density at radius 1 is 1.16 bits per heavy atom. The van der Waals surface area contributed by atoms with Crippen molar-refractivity contribution in [3.8, 4) is 0 Å². The number of rotatable bonds is 2. The van der Waals surface area contributed by atoms with Gasteiger partial charge in [0.15, 0.2) is 0 Å². The molecule has 1 aromatic rings. The number of benzene rings is 1. The Balaban J connectivity index is 1.96. The number of hydrogen-bond donors (Lipinski definition) is 1. The van der Waals surface area contributed by atoms with Crippen LogP contribution in [0.25, 0.3) is 0 Å². The second kappa shape index (κ2) is 4.82. The van der Waals surface area contributed by atoms with Crippen molar-refractivity contribution >= 4 is 11.8 Å². The standard InChI is InChI=1S/C17H24OS/c1-16(2)10-17(18,12-19-11-16)15-9-4-3-8-14(15)13-6-5-7-13/h3-4,8-9,13,18H,5-7,10-12H2,1-2H3. The van der Waals surface area contributed by atoms with Crippen LogP contribution < -0.4 is 0 Å². The van der Waals surface area contributed by atoms with Crippen molar-refractivity contribution in [1.82, 2.24) is 0 Å². The van der Waals surface area contributed by atoms with E-state index in [0.29, 0.717) is 5.92 Å². The molecule has 0 aromatic heterocycles. The van der Waals surface area contributed by atoms with Crippen molar-refractivity contribution in [2.75, 3.05) is 11.5 Å². The Bertz CT molecular complexity index is 464. The number of hydrogen-bond acceptors (Lipinski definition) is 2. The summed E-state index contributed by atoms with van der Waals surface area (Å²) >= 11 is 1.90. The molecule has 1 N–H and O–H groups in total. The molecule has 1 unspecified atom stereocenters. The van der Waals surface area contributed by atoms with Gasteiger partial charge in [0, 0.05) is 5.75 Å². The predicted molar refractivity (Wildman–Crippen MR) is 82.7 cm³/mol. The summed E-state index contributed by atoms with van der Waals surface area (Å²) in [7, 11) is 0. The lowest BCUT2D eigenvalue weighted by Crippen LogP contribution is -2.41. The van der Waals surface area contributed by atoms with Gasteiger partial charge in [0.25, 0.3) is 0 Å². The van der Waals surface area contributed by atoms with Crippen LogP contribution in [-0.4, -0.2) is 16.6 Å². The lowest BCUT2D eigenvalue weighted by atomic mass is 9.72. The molecule has 104 valence electrons. The molecule has 1 saturated carbocycles. The predicted octanol–water partition coefficient (Wildman–Crippen LogP) is 4.30. The summed E-state index contributed by atoms with van der Waals surface area (Å²) in [5.41, 5.74) is 2.22. The van der Waals surface area contributed by atoms with Gasteiger partial charge in [-0.1, -0.05) is 44.5 Å². The molecular weight excluding hydrogens is 252 g/mol. The van der Waals surface area contributed by atoms with Crippen LogP contribution in [-0.2, 0) is 5.60 Å². The largest absolute Gasteiger partial charge is 0.384 e. The van der Waals surface area contributed by atoms with Crippen LogP contribution in [0.2, 0.25) is 0 Å². The molecule has 2 heteroatoms. The van der Waals surface area contributed by atoms with E-state index in [-0.39, 0.29) is 5.41 Å². The molecule has 3 rings (SSSR count). The van der Waals surface area contributed by atoms with E-state index in [2.05, 4.69) is 38.1 Å². The van der Waals surface area contributed by atoms with Crippen LogP contribution in [0.1, 0.15) is 56.6 Å². The first-order valence-electron chi connectivity index (χ1n) is 7.40. The summed E-state index contributed by atoms with van der Waals surface area (Å²) in [6, 6.07) is 8.61. The molecular formula is C17H24OS. The van der Waals surface area contributed by atoms with Gasteiger partial charge in [-0.15, -0.1) is 0 Å². The lowest BCUT2D eigenvalue weighted by molar-refractivity contribution is 0.0142. The van der Waals surface area contributed by atoms with E-state index in [0.717, 1.165) is 17.9 Å². The molecule has 19 heavy (non-hydrogen) atoms. The van der Waals surface area contributed by atoms with E-state index >= 15 is 0 Å². The smallest absolute Gasteiger partial charge is 0.0994 e. The SMILES string of the molecule is CC1(C)CSCC(O)(c2ccccc2C2CCC2)C1. The molecule has 0 radical (unpaired) electrons. The lowest BCUT2D eigenvalue weighted by Gasteiger charge is -2.43. The summed E-state index contributed by atoms with van der Waals surface area (Å²) in [5.74, 6) is 2.69. The van der Waals surface area contributed by atoms with Crippen molar-refractivity contribution in [1.29, 1.82) is 0 Å². The molecule has 2 aliphatic rings. The van der Waals surface area contributed by atoms with Crippen LogP contribution >= 0.6 is 11.8 Å². The van der Waals surface area contributed by atoms with E-state index in [1.54, 1.807) is 0 Å². The minimum Gasteiger partial charge on any atom is -0.384 e. The number of thioether (sulfide) groups is 1. The molecule has 1 heterocycles. The fourth-order valence-electron chi connectivity index (χ4n) is 3.56. The van der Waals surface area contributed by atoms with Gasteiger partial charge < -0.3 is 5.11 Å². The summed E-state index contributed by atoms with van der Waals surface area (Å²) in [4.78, 5) is 0. The minimum atomic E-state index is -0.626. The van der Waals surface area contributed by atoms with Crippen molar-refractivity contribution in [3.63, 3.8) is 0 Å². The number of aliphatic hydroxyl groups is 1. The molecule has 0 spiro atoms. The Labute approximate surface area is 120 Å².